The summed E-state index contributed by atoms with van der Waals surface area (Å²) < 4.78 is 35.6. The summed E-state index contributed by atoms with van der Waals surface area (Å²) in [6.07, 6.45) is 13.9. The Morgan fingerprint density at radius 3 is 2.62 bits per heavy atom. The largest absolute Gasteiger partial charge is 0.490 e. The molecule has 3 aliphatic heterocycles. The number of anilines is 1. The summed E-state index contributed by atoms with van der Waals surface area (Å²) >= 11 is 0. The van der Waals surface area contributed by atoms with Gasteiger partial charge in [-0.2, -0.15) is 0 Å². The highest BCUT2D eigenvalue weighted by Gasteiger charge is 2.43. The van der Waals surface area contributed by atoms with Crippen molar-refractivity contribution in [2.24, 2.45) is 17.8 Å². The zero-order valence-electron chi connectivity index (χ0n) is 22.7. The maximum Gasteiger partial charge on any atom is 0.264 e. The summed E-state index contributed by atoms with van der Waals surface area (Å²) in [7, 11) is -3.84. The van der Waals surface area contributed by atoms with Crippen LogP contribution in [0.3, 0.4) is 0 Å². The Kier molecular flexibility index (Phi) is 6.50. The lowest BCUT2D eigenvalue weighted by atomic mass is 9.70. The van der Waals surface area contributed by atoms with Crippen molar-refractivity contribution in [3.63, 3.8) is 0 Å². The molecule has 2 aliphatic carbocycles. The van der Waals surface area contributed by atoms with E-state index in [-0.39, 0.29) is 11.3 Å². The second-order valence-corrected chi connectivity index (χ2v) is 14.2. The van der Waals surface area contributed by atoms with Crippen molar-refractivity contribution < 1.29 is 17.9 Å². The van der Waals surface area contributed by atoms with Crippen LogP contribution in [0, 0.1) is 17.8 Å². The van der Waals surface area contributed by atoms with Crippen LogP contribution in [0.1, 0.15) is 53.6 Å². The number of rotatable bonds is 0. The van der Waals surface area contributed by atoms with Crippen LogP contribution in [0.4, 0.5) is 5.69 Å². The molecule has 0 aromatic heterocycles. The van der Waals surface area contributed by atoms with E-state index in [0.717, 1.165) is 37.4 Å². The average molecular weight is 560 g/mol. The number of fused-ring (bicyclic) bond motifs is 5. The van der Waals surface area contributed by atoms with E-state index in [1.807, 2.05) is 12.1 Å². The van der Waals surface area contributed by atoms with Gasteiger partial charge in [-0.1, -0.05) is 48.6 Å². The molecule has 0 radical (unpaired) electrons. The molecule has 7 rings (SSSR count). The maximum atomic E-state index is 13.4. The van der Waals surface area contributed by atoms with E-state index in [0.29, 0.717) is 43.5 Å². The molecule has 5 unspecified atom stereocenters. The number of carbonyl (C=O) groups is 1. The van der Waals surface area contributed by atoms with Gasteiger partial charge in [0.25, 0.3) is 5.91 Å². The first-order chi connectivity index (χ1) is 19.4. The van der Waals surface area contributed by atoms with Gasteiger partial charge in [0.2, 0.25) is 10.0 Å². The molecule has 210 valence electrons. The minimum atomic E-state index is -3.84. The first kappa shape index (κ1) is 25.8. The molecule has 3 heterocycles. The van der Waals surface area contributed by atoms with Gasteiger partial charge in [0.05, 0.1) is 23.0 Å². The Bertz CT molecular complexity index is 1480. The molecule has 1 spiro atoms. The molecule has 2 aromatic rings. The molecular formula is C32H37N3O4S. The molecule has 40 heavy (non-hydrogen) atoms. The molecule has 1 saturated carbocycles. The van der Waals surface area contributed by atoms with Crippen LogP contribution in [0.25, 0.3) is 6.08 Å². The van der Waals surface area contributed by atoms with Crippen molar-refractivity contribution in [3.8, 4) is 5.75 Å². The van der Waals surface area contributed by atoms with E-state index in [4.69, 9.17) is 4.74 Å². The number of sulfonamides is 1. The summed E-state index contributed by atoms with van der Waals surface area (Å²) in [6, 6.07) is 14.0. The standard InChI is InChI=1S/C32H37N3O4S/c36-31-24-13-14-29-28(16-24)35(20-32(21-39-29)15-5-9-23-7-3-4-10-27(23)32)19-26-12-11-22(26)6-1-2-8-25-17-33-18-30(25)40(37,38)34-31/h1-5,7,9-10,13-14,16,22,25-26,30,33H,6,8,11-12,15,17-21H2,(H,34,36)/b2-1-. The molecule has 7 nitrogen and oxygen atoms in total. The fourth-order valence-corrected chi connectivity index (χ4v) is 9.00. The lowest BCUT2D eigenvalue weighted by molar-refractivity contribution is 0.0981. The van der Waals surface area contributed by atoms with Gasteiger partial charge in [-0.15, -0.1) is 0 Å². The van der Waals surface area contributed by atoms with Crippen molar-refractivity contribution in [2.45, 2.75) is 42.8 Å². The van der Waals surface area contributed by atoms with Crippen molar-refractivity contribution in [2.75, 3.05) is 37.7 Å². The third-order valence-electron chi connectivity index (χ3n) is 9.88. The molecule has 5 atom stereocenters. The third-order valence-corrected chi connectivity index (χ3v) is 11.7. The summed E-state index contributed by atoms with van der Waals surface area (Å²) in [5, 5.41) is 2.58. The summed E-state index contributed by atoms with van der Waals surface area (Å²) in [5.41, 5.74) is 3.54. The Hall–Kier alpha value is -3.10. The van der Waals surface area contributed by atoms with E-state index in [1.165, 1.54) is 24.0 Å². The van der Waals surface area contributed by atoms with Crippen LogP contribution in [-0.4, -0.2) is 52.4 Å². The molecule has 2 bridgehead atoms. The number of amides is 1. The zero-order chi connectivity index (χ0) is 27.3. The number of nitrogens with one attached hydrogen (secondary N) is 2. The fraction of sp³-hybridized carbons (Fsp3) is 0.469. The molecule has 2 aromatic carbocycles. The Morgan fingerprint density at radius 2 is 1.77 bits per heavy atom. The topological polar surface area (TPSA) is 87.7 Å². The first-order valence-electron chi connectivity index (χ1n) is 14.6. The van der Waals surface area contributed by atoms with Crippen LogP contribution < -0.4 is 19.7 Å². The smallest absolute Gasteiger partial charge is 0.264 e. The van der Waals surface area contributed by atoms with Crippen LogP contribution in [-0.2, 0) is 15.4 Å². The lowest BCUT2D eigenvalue weighted by Gasteiger charge is -2.43. The molecular weight excluding hydrogens is 522 g/mol. The summed E-state index contributed by atoms with van der Waals surface area (Å²) in [5.74, 6) is 1.29. The van der Waals surface area contributed by atoms with E-state index in [1.54, 1.807) is 6.07 Å². The third kappa shape index (κ3) is 4.55. The molecule has 2 N–H and O–H groups in total. The molecule has 5 aliphatic rings. The van der Waals surface area contributed by atoms with Crippen LogP contribution in [0.15, 0.2) is 60.7 Å². The number of carbonyl (C=O) groups excluding carboxylic acids is 1. The van der Waals surface area contributed by atoms with E-state index in [2.05, 4.69) is 63.5 Å². The lowest BCUT2D eigenvalue weighted by Crippen LogP contribution is -2.47. The number of hydrogen-bond acceptors (Lipinski definition) is 6. The molecule has 2 fully saturated rings. The highest BCUT2D eigenvalue weighted by atomic mass is 32.2. The van der Waals surface area contributed by atoms with Crippen LogP contribution in [0.2, 0.25) is 0 Å². The van der Waals surface area contributed by atoms with Gasteiger partial charge in [0, 0.05) is 25.2 Å². The molecule has 8 heteroatoms. The molecule has 1 amide bonds. The fourth-order valence-electron chi connectivity index (χ4n) is 7.42. The van der Waals surface area contributed by atoms with Gasteiger partial charge >= 0.3 is 0 Å². The predicted octanol–water partition coefficient (Wildman–Crippen LogP) is 4.26. The molecule has 1 saturated heterocycles. The van der Waals surface area contributed by atoms with Gasteiger partial charge in [0.15, 0.2) is 0 Å². The SMILES string of the molecule is O=C1NS(=O)(=O)C2CNCC2C/C=C\CC2CCC2CN2CC3(CC=Cc4ccccc43)COc3ccc1cc32. The monoisotopic (exact) mass is 559 g/mol. The highest BCUT2D eigenvalue weighted by Crippen LogP contribution is 2.45. The van der Waals surface area contributed by atoms with Crippen molar-refractivity contribution in [3.05, 3.63) is 77.4 Å². The summed E-state index contributed by atoms with van der Waals surface area (Å²) in [6.45, 7) is 3.21. The number of hydrogen-bond donors (Lipinski definition) is 2. The van der Waals surface area contributed by atoms with Gasteiger partial charge in [-0.25, -0.2) is 13.1 Å². The quantitative estimate of drug-likeness (QED) is 0.469. The average Bonchev–Trinajstić information content (AvgIpc) is 3.37. The maximum absolute atomic E-state index is 13.4. The second kappa shape index (κ2) is 10.1. The Balaban J connectivity index is 1.28. The van der Waals surface area contributed by atoms with Crippen molar-refractivity contribution in [1.82, 2.24) is 10.0 Å². The highest BCUT2D eigenvalue weighted by molar-refractivity contribution is 7.90. The van der Waals surface area contributed by atoms with Gasteiger partial charge in [-0.3, -0.25) is 4.79 Å². The van der Waals surface area contributed by atoms with Crippen molar-refractivity contribution in [1.29, 1.82) is 0 Å². The summed E-state index contributed by atoms with van der Waals surface area (Å²) in [4.78, 5) is 15.8. The number of ether oxygens (including phenoxy) is 1. The van der Waals surface area contributed by atoms with E-state index >= 15 is 0 Å². The second-order valence-electron chi connectivity index (χ2n) is 12.3. The van der Waals surface area contributed by atoms with Crippen LogP contribution >= 0.6 is 0 Å². The van der Waals surface area contributed by atoms with Gasteiger partial charge in [-0.05, 0) is 85.7 Å². The number of allylic oxidation sites excluding steroid dienone is 3. The Labute approximate surface area is 236 Å². The normalized spacial score (nSPS) is 33.4. The zero-order valence-corrected chi connectivity index (χ0v) is 23.5. The van der Waals surface area contributed by atoms with Crippen molar-refractivity contribution >= 4 is 27.7 Å². The minimum Gasteiger partial charge on any atom is -0.490 e. The van der Waals surface area contributed by atoms with E-state index < -0.39 is 21.2 Å². The number of benzene rings is 2. The predicted molar refractivity (Wildman–Crippen MR) is 157 cm³/mol. The van der Waals surface area contributed by atoms with Gasteiger partial charge < -0.3 is 15.0 Å². The van der Waals surface area contributed by atoms with E-state index in [9.17, 15) is 13.2 Å². The number of nitrogens with zero attached hydrogens (tertiary/aromatic N) is 1. The Morgan fingerprint density at radius 1 is 0.950 bits per heavy atom. The minimum absolute atomic E-state index is 0.0498. The van der Waals surface area contributed by atoms with Crippen LogP contribution in [0.5, 0.6) is 5.75 Å². The first-order valence-corrected chi connectivity index (χ1v) is 16.2. The van der Waals surface area contributed by atoms with Gasteiger partial charge in [0.1, 0.15) is 5.75 Å².